The summed E-state index contributed by atoms with van der Waals surface area (Å²) in [7, 11) is 0. The maximum Gasteiger partial charge on any atom is 0.406 e. The third kappa shape index (κ3) is 2.41. The Labute approximate surface area is 119 Å². The molecular weight excluding hydrogens is 287 g/mol. The molecule has 3 rings (SSSR count). The van der Waals surface area contributed by atoms with Crippen LogP contribution in [-0.4, -0.2) is 44.8 Å². The van der Waals surface area contributed by atoms with Crippen LogP contribution in [0.25, 0.3) is 0 Å². The Morgan fingerprint density at radius 2 is 2.19 bits per heavy atom. The molecule has 0 spiro atoms. The van der Waals surface area contributed by atoms with Crippen molar-refractivity contribution in [2.24, 2.45) is 5.41 Å². The minimum Gasteiger partial charge on any atom is -0.481 e. The van der Waals surface area contributed by atoms with E-state index in [0.717, 1.165) is 18.5 Å². The molecule has 1 saturated heterocycles. The summed E-state index contributed by atoms with van der Waals surface area (Å²) in [5.41, 5.74) is -1.79. The van der Waals surface area contributed by atoms with E-state index in [4.69, 9.17) is 5.11 Å². The molecule has 8 heteroatoms. The van der Waals surface area contributed by atoms with E-state index in [-0.39, 0.29) is 6.54 Å². The van der Waals surface area contributed by atoms with Crippen LogP contribution in [-0.2, 0) is 11.3 Å². The zero-order chi connectivity index (χ0) is 15.3. The molecule has 0 bridgehead atoms. The van der Waals surface area contributed by atoms with Crippen LogP contribution in [0.5, 0.6) is 0 Å². The summed E-state index contributed by atoms with van der Waals surface area (Å²) in [6.07, 6.45) is 0.327. The van der Waals surface area contributed by atoms with Gasteiger partial charge in [-0.3, -0.25) is 9.69 Å². The first-order valence-corrected chi connectivity index (χ1v) is 6.87. The van der Waals surface area contributed by atoms with Gasteiger partial charge >= 0.3 is 12.1 Å². The number of likely N-dealkylation sites (tertiary alicyclic amines) is 1. The van der Waals surface area contributed by atoms with Crippen LogP contribution in [0.3, 0.4) is 0 Å². The molecule has 1 aromatic heterocycles. The molecule has 1 saturated carbocycles. The van der Waals surface area contributed by atoms with Gasteiger partial charge in [0, 0.05) is 31.9 Å². The summed E-state index contributed by atoms with van der Waals surface area (Å²) in [6.45, 7) is -0.0645. The van der Waals surface area contributed by atoms with Gasteiger partial charge in [0.2, 0.25) is 0 Å². The molecule has 1 unspecified atom stereocenters. The van der Waals surface area contributed by atoms with Crippen LogP contribution in [0.15, 0.2) is 12.5 Å². The zero-order valence-electron chi connectivity index (χ0n) is 11.3. The van der Waals surface area contributed by atoms with Crippen molar-refractivity contribution < 1.29 is 23.1 Å². The van der Waals surface area contributed by atoms with E-state index < -0.39 is 30.5 Å². The van der Waals surface area contributed by atoms with Crippen LogP contribution in [0.4, 0.5) is 13.2 Å². The monoisotopic (exact) mass is 303 g/mol. The molecule has 1 aromatic rings. The largest absolute Gasteiger partial charge is 0.481 e. The first kappa shape index (κ1) is 14.4. The molecule has 0 amide bonds. The Hall–Kier alpha value is -1.57. The predicted molar refractivity (Wildman–Crippen MR) is 66.5 cm³/mol. The summed E-state index contributed by atoms with van der Waals surface area (Å²) in [4.78, 5) is 16.7. The molecule has 0 aromatic carbocycles. The van der Waals surface area contributed by atoms with Crippen LogP contribution >= 0.6 is 0 Å². The number of halogens is 3. The number of rotatable bonds is 4. The van der Waals surface area contributed by atoms with Crippen molar-refractivity contribution in [3.05, 3.63) is 18.2 Å². The number of aromatic nitrogens is 2. The lowest BCUT2D eigenvalue weighted by atomic mass is 9.86. The lowest BCUT2D eigenvalue weighted by Gasteiger charge is -2.27. The minimum absolute atomic E-state index is 0.127. The van der Waals surface area contributed by atoms with Gasteiger partial charge in [-0.1, -0.05) is 0 Å². The summed E-state index contributed by atoms with van der Waals surface area (Å²) in [5, 5.41) is 9.03. The van der Waals surface area contributed by atoms with Crippen molar-refractivity contribution in [2.75, 3.05) is 13.1 Å². The van der Waals surface area contributed by atoms with E-state index in [0.29, 0.717) is 12.6 Å². The minimum atomic E-state index is -4.73. The lowest BCUT2D eigenvalue weighted by molar-refractivity contribution is -0.227. The van der Waals surface area contributed by atoms with Gasteiger partial charge in [0.1, 0.15) is 0 Å². The fourth-order valence-electron chi connectivity index (χ4n) is 2.92. The molecule has 1 N–H and O–H groups in total. The SMILES string of the molecule is O=C(O)C1(C(F)(F)F)CCN(Cc2cncn2C2CC2)C1. The van der Waals surface area contributed by atoms with Crippen molar-refractivity contribution in [2.45, 2.75) is 38.0 Å². The number of carboxylic acid groups (broad SMARTS) is 1. The van der Waals surface area contributed by atoms with Gasteiger partial charge in [-0.2, -0.15) is 13.2 Å². The lowest BCUT2D eigenvalue weighted by Crippen LogP contribution is -2.47. The van der Waals surface area contributed by atoms with Crippen molar-refractivity contribution in [3.8, 4) is 0 Å². The molecule has 1 aliphatic carbocycles. The fourth-order valence-corrected chi connectivity index (χ4v) is 2.92. The Balaban J connectivity index is 1.74. The van der Waals surface area contributed by atoms with Crippen LogP contribution in [0, 0.1) is 5.41 Å². The topological polar surface area (TPSA) is 58.4 Å². The van der Waals surface area contributed by atoms with E-state index in [2.05, 4.69) is 4.98 Å². The van der Waals surface area contributed by atoms with E-state index in [9.17, 15) is 18.0 Å². The van der Waals surface area contributed by atoms with Gasteiger partial charge in [0.05, 0.1) is 12.0 Å². The second-order valence-corrected chi connectivity index (χ2v) is 5.87. The average Bonchev–Trinajstić information content (AvgIpc) is 2.96. The second kappa shape index (κ2) is 4.72. The first-order valence-electron chi connectivity index (χ1n) is 6.87. The quantitative estimate of drug-likeness (QED) is 0.925. The van der Waals surface area contributed by atoms with E-state index >= 15 is 0 Å². The summed E-state index contributed by atoms with van der Waals surface area (Å²) in [6, 6.07) is 0.400. The molecule has 2 aliphatic rings. The Morgan fingerprint density at radius 1 is 1.48 bits per heavy atom. The molecule has 2 heterocycles. The fraction of sp³-hybridized carbons (Fsp3) is 0.692. The number of hydrogen-bond donors (Lipinski definition) is 1. The maximum absolute atomic E-state index is 13.1. The summed E-state index contributed by atoms with van der Waals surface area (Å²) < 4.78 is 41.3. The molecule has 2 fully saturated rings. The van der Waals surface area contributed by atoms with Crippen molar-refractivity contribution >= 4 is 5.97 Å². The van der Waals surface area contributed by atoms with Gasteiger partial charge in [-0.25, -0.2) is 4.98 Å². The third-order valence-corrected chi connectivity index (χ3v) is 4.37. The summed E-state index contributed by atoms with van der Waals surface area (Å²) >= 11 is 0. The number of carbonyl (C=O) groups is 1. The number of carboxylic acids is 1. The number of hydrogen-bond acceptors (Lipinski definition) is 3. The third-order valence-electron chi connectivity index (χ3n) is 4.37. The zero-order valence-corrected chi connectivity index (χ0v) is 11.3. The highest BCUT2D eigenvalue weighted by Crippen LogP contribution is 2.46. The molecule has 116 valence electrons. The van der Waals surface area contributed by atoms with E-state index in [1.807, 2.05) is 4.57 Å². The molecule has 1 atom stereocenters. The number of nitrogens with zero attached hydrogens (tertiary/aromatic N) is 3. The molecular formula is C13H16F3N3O2. The van der Waals surface area contributed by atoms with Gasteiger partial charge < -0.3 is 9.67 Å². The van der Waals surface area contributed by atoms with Gasteiger partial charge in [-0.05, 0) is 19.3 Å². The van der Waals surface area contributed by atoms with Crippen molar-refractivity contribution in [3.63, 3.8) is 0 Å². The normalized spacial score (nSPS) is 27.2. The Bertz CT molecular complexity index is 553. The van der Waals surface area contributed by atoms with Crippen LogP contribution in [0.1, 0.15) is 31.0 Å². The number of imidazole rings is 1. The maximum atomic E-state index is 13.1. The van der Waals surface area contributed by atoms with Crippen molar-refractivity contribution in [1.82, 2.24) is 14.5 Å². The predicted octanol–water partition coefficient (Wildman–Crippen LogP) is 2.06. The molecule has 1 aliphatic heterocycles. The highest BCUT2D eigenvalue weighted by molar-refractivity contribution is 5.76. The molecule has 5 nitrogen and oxygen atoms in total. The van der Waals surface area contributed by atoms with Gasteiger partial charge in [0.15, 0.2) is 5.41 Å². The first-order chi connectivity index (χ1) is 9.83. The average molecular weight is 303 g/mol. The molecule has 0 radical (unpaired) electrons. The van der Waals surface area contributed by atoms with Crippen LogP contribution < -0.4 is 0 Å². The Kier molecular flexibility index (Phi) is 3.23. The van der Waals surface area contributed by atoms with Crippen molar-refractivity contribution in [1.29, 1.82) is 0 Å². The van der Waals surface area contributed by atoms with Crippen LogP contribution in [0.2, 0.25) is 0 Å². The van der Waals surface area contributed by atoms with E-state index in [1.54, 1.807) is 17.4 Å². The van der Waals surface area contributed by atoms with Gasteiger partial charge in [0.25, 0.3) is 0 Å². The highest BCUT2D eigenvalue weighted by Gasteiger charge is 2.63. The smallest absolute Gasteiger partial charge is 0.406 e. The number of aliphatic carboxylic acids is 1. The second-order valence-electron chi connectivity index (χ2n) is 5.87. The van der Waals surface area contributed by atoms with Gasteiger partial charge in [-0.15, -0.1) is 0 Å². The standard InChI is InChI=1S/C13H16F3N3O2/c14-13(15,16)12(11(20)21)3-4-18(7-12)6-10-5-17-8-19(10)9-1-2-9/h5,8-9H,1-4,6-7H2,(H,20,21). The summed E-state index contributed by atoms with van der Waals surface area (Å²) in [5.74, 6) is -1.78. The highest BCUT2D eigenvalue weighted by atomic mass is 19.4. The van der Waals surface area contributed by atoms with E-state index in [1.165, 1.54) is 0 Å². The molecule has 21 heavy (non-hydrogen) atoms. The number of alkyl halides is 3. The Morgan fingerprint density at radius 3 is 2.71 bits per heavy atom.